The average Bonchev–Trinajstić information content (AvgIpc) is 2.74. The van der Waals surface area contributed by atoms with E-state index in [0.29, 0.717) is 37.8 Å². The molecule has 1 fully saturated rings. The van der Waals surface area contributed by atoms with Crippen molar-refractivity contribution in [3.05, 3.63) is 11.8 Å². The van der Waals surface area contributed by atoms with Crippen molar-refractivity contribution in [2.75, 3.05) is 38.1 Å². The van der Waals surface area contributed by atoms with E-state index in [9.17, 15) is 4.79 Å². The van der Waals surface area contributed by atoms with Gasteiger partial charge in [-0.25, -0.2) is 0 Å². The number of nitrogens with two attached hydrogens (primary N) is 1. The van der Waals surface area contributed by atoms with Crippen LogP contribution in [-0.2, 0) is 9.53 Å². The van der Waals surface area contributed by atoms with Crippen LogP contribution >= 0.6 is 12.4 Å². The quantitative estimate of drug-likeness (QED) is 0.811. The first kappa shape index (κ1) is 15.9. The molecule has 1 atom stereocenters. The molecule has 1 aliphatic heterocycles. The minimum atomic E-state index is -0.110. The van der Waals surface area contributed by atoms with Crippen LogP contribution in [-0.4, -0.2) is 54.9 Å². The Morgan fingerprint density at radius 2 is 2.47 bits per heavy atom. The monoisotopic (exact) mass is 290 g/mol. The molecule has 1 unspecified atom stereocenters. The van der Waals surface area contributed by atoms with Crippen molar-refractivity contribution in [2.45, 2.75) is 13.0 Å². The maximum Gasteiger partial charge on any atom is 0.239 e. The summed E-state index contributed by atoms with van der Waals surface area (Å²) >= 11 is 0. The highest BCUT2D eigenvalue weighted by Gasteiger charge is 2.21. The lowest BCUT2D eigenvalue weighted by Gasteiger charge is -2.31. The number of aryl methyl sites for hydroxylation is 1. The summed E-state index contributed by atoms with van der Waals surface area (Å²) in [4.78, 5) is 13.8. The molecule has 1 aromatic heterocycles. The van der Waals surface area contributed by atoms with Gasteiger partial charge in [0.1, 0.15) is 5.76 Å². The van der Waals surface area contributed by atoms with Crippen molar-refractivity contribution in [3.8, 4) is 0 Å². The molecule has 19 heavy (non-hydrogen) atoms. The van der Waals surface area contributed by atoms with Crippen LogP contribution < -0.4 is 11.1 Å². The van der Waals surface area contributed by atoms with Gasteiger partial charge >= 0.3 is 0 Å². The zero-order valence-corrected chi connectivity index (χ0v) is 11.6. The fourth-order valence-corrected chi connectivity index (χ4v) is 1.88. The first-order chi connectivity index (χ1) is 8.67. The molecule has 108 valence electrons. The smallest absolute Gasteiger partial charge is 0.239 e. The standard InChI is InChI=1S/C11H18N4O3.ClH/c1-8-4-10(14-18-8)13-11(16)7-15-2-3-17-9(5-12)6-15;/h4,9H,2-3,5-7,12H2,1H3,(H,13,14,16);1H. The van der Waals surface area contributed by atoms with Crippen LogP contribution in [0, 0.1) is 6.92 Å². The molecule has 8 heteroatoms. The Bertz CT molecular complexity index is 412. The van der Waals surface area contributed by atoms with E-state index >= 15 is 0 Å². The second-order valence-corrected chi connectivity index (χ2v) is 4.33. The van der Waals surface area contributed by atoms with Crippen LogP contribution in [0.5, 0.6) is 0 Å². The lowest BCUT2D eigenvalue weighted by molar-refractivity contribution is -0.119. The molecule has 1 aromatic rings. The van der Waals surface area contributed by atoms with Crippen LogP contribution in [0.25, 0.3) is 0 Å². The highest BCUT2D eigenvalue weighted by Crippen LogP contribution is 2.08. The fourth-order valence-electron chi connectivity index (χ4n) is 1.88. The number of carbonyl (C=O) groups excluding carboxylic acids is 1. The van der Waals surface area contributed by atoms with Crippen molar-refractivity contribution >= 4 is 24.1 Å². The van der Waals surface area contributed by atoms with Crippen LogP contribution in [0.1, 0.15) is 5.76 Å². The van der Waals surface area contributed by atoms with Gasteiger partial charge in [-0.05, 0) is 6.92 Å². The van der Waals surface area contributed by atoms with E-state index in [4.69, 9.17) is 15.0 Å². The molecule has 0 aromatic carbocycles. The highest BCUT2D eigenvalue weighted by molar-refractivity contribution is 5.91. The molecular weight excluding hydrogens is 272 g/mol. The van der Waals surface area contributed by atoms with Gasteiger partial charge in [-0.2, -0.15) is 0 Å². The summed E-state index contributed by atoms with van der Waals surface area (Å²) in [5.41, 5.74) is 5.55. The zero-order chi connectivity index (χ0) is 13.0. The lowest BCUT2D eigenvalue weighted by atomic mass is 10.2. The van der Waals surface area contributed by atoms with Crippen LogP contribution in [0.2, 0.25) is 0 Å². The first-order valence-corrected chi connectivity index (χ1v) is 5.94. The Kier molecular flexibility index (Phi) is 6.23. The number of ether oxygens (including phenoxy) is 1. The number of hydrogen-bond donors (Lipinski definition) is 2. The number of carbonyl (C=O) groups is 1. The highest BCUT2D eigenvalue weighted by atomic mass is 35.5. The molecule has 0 radical (unpaired) electrons. The molecule has 0 aliphatic carbocycles. The van der Waals surface area contributed by atoms with Crippen molar-refractivity contribution in [2.24, 2.45) is 5.73 Å². The molecule has 7 nitrogen and oxygen atoms in total. The van der Waals surface area contributed by atoms with Crippen LogP contribution in [0.4, 0.5) is 5.82 Å². The number of amides is 1. The summed E-state index contributed by atoms with van der Waals surface area (Å²) in [5, 5.41) is 6.40. The predicted octanol–water partition coefficient (Wildman–Crippen LogP) is 0.00282. The first-order valence-electron chi connectivity index (χ1n) is 5.94. The Balaban J connectivity index is 0.00000180. The summed E-state index contributed by atoms with van der Waals surface area (Å²) in [5.74, 6) is 1.00. The maximum atomic E-state index is 11.8. The van der Waals surface area contributed by atoms with Gasteiger partial charge in [0.05, 0.1) is 19.3 Å². The molecule has 3 N–H and O–H groups in total. The lowest BCUT2D eigenvalue weighted by Crippen LogP contribution is -2.48. The van der Waals surface area contributed by atoms with E-state index in [1.165, 1.54) is 0 Å². The average molecular weight is 291 g/mol. The fraction of sp³-hybridized carbons (Fsp3) is 0.636. The van der Waals surface area contributed by atoms with Gasteiger partial charge in [0.15, 0.2) is 5.82 Å². The van der Waals surface area contributed by atoms with E-state index in [1.807, 2.05) is 4.90 Å². The van der Waals surface area contributed by atoms with E-state index in [0.717, 1.165) is 6.54 Å². The predicted molar refractivity (Wildman–Crippen MR) is 72.4 cm³/mol. The van der Waals surface area contributed by atoms with Crippen molar-refractivity contribution in [1.29, 1.82) is 0 Å². The third-order valence-corrected chi connectivity index (χ3v) is 2.75. The van der Waals surface area contributed by atoms with E-state index in [2.05, 4.69) is 10.5 Å². The second kappa shape index (κ2) is 7.44. The largest absolute Gasteiger partial charge is 0.374 e. The van der Waals surface area contributed by atoms with E-state index < -0.39 is 0 Å². The maximum absolute atomic E-state index is 11.8. The number of nitrogens with one attached hydrogen (secondary N) is 1. The number of morpholine rings is 1. The second-order valence-electron chi connectivity index (χ2n) is 4.33. The Morgan fingerprint density at radius 1 is 1.68 bits per heavy atom. The normalized spacial score (nSPS) is 19.8. The number of rotatable bonds is 4. The molecule has 2 rings (SSSR count). The van der Waals surface area contributed by atoms with Gasteiger partial charge in [-0.15, -0.1) is 12.4 Å². The number of halogens is 1. The third kappa shape index (κ3) is 4.79. The molecule has 0 saturated carbocycles. The van der Waals surface area contributed by atoms with Gasteiger partial charge in [0, 0.05) is 25.7 Å². The number of hydrogen-bond acceptors (Lipinski definition) is 6. The van der Waals surface area contributed by atoms with Gasteiger partial charge < -0.3 is 20.3 Å². The van der Waals surface area contributed by atoms with Crippen molar-refractivity contribution in [1.82, 2.24) is 10.1 Å². The molecule has 2 heterocycles. The van der Waals surface area contributed by atoms with Gasteiger partial charge in [0.2, 0.25) is 5.91 Å². The molecule has 1 aliphatic rings. The van der Waals surface area contributed by atoms with Gasteiger partial charge in [-0.3, -0.25) is 9.69 Å². The van der Waals surface area contributed by atoms with Crippen LogP contribution in [0.3, 0.4) is 0 Å². The SMILES string of the molecule is Cc1cc(NC(=O)CN2CCOC(CN)C2)no1.Cl. The Morgan fingerprint density at radius 3 is 3.11 bits per heavy atom. The number of nitrogens with zero attached hydrogens (tertiary/aromatic N) is 2. The molecule has 1 amide bonds. The topological polar surface area (TPSA) is 93.6 Å². The summed E-state index contributed by atoms with van der Waals surface area (Å²) in [6.07, 6.45) is 0.0147. The summed E-state index contributed by atoms with van der Waals surface area (Å²) in [6.45, 7) is 4.59. The van der Waals surface area contributed by atoms with Crippen molar-refractivity contribution < 1.29 is 14.1 Å². The summed E-state index contributed by atoms with van der Waals surface area (Å²) in [6, 6.07) is 1.68. The van der Waals surface area contributed by atoms with Crippen LogP contribution in [0.15, 0.2) is 10.6 Å². The molecular formula is C11H19ClN4O3. The summed E-state index contributed by atoms with van der Waals surface area (Å²) < 4.78 is 10.3. The van der Waals surface area contributed by atoms with Crippen molar-refractivity contribution in [3.63, 3.8) is 0 Å². The van der Waals surface area contributed by atoms with Gasteiger partial charge in [0.25, 0.3) is 0 Å². The molecule has 0 spiro atoms. The molecule has 0 bridgehead atoms. The zero-order valence-electron chi connectivity index (χ0n) is 10.8. The number of anilines is 1. The Hall–Kier alpha value is -1.15. The van der Waals surface area contributed by atoms with Gasteiger partial charge in [-0.1, -0.05) is 5.16 Å². The van der Waals surface area contributed by atoms with E-state index in [1.54, 1.807) is 13.0 Å². The number of aromatic nitrogens is 1. The minimum absolute atomic E-state index is 0. The van der Waals surface area contributed by atoms with E-state index in [-0.39, 0.29) is 24.4 Å². The molecule has 1 saturated heterocycles. The Labute approximate surface area is 117 Å². The third-order valence-electron chi connectivity index (χ3n) is 2.75. The minimum Gasteiger partial charge on any atom is -0.374 e. The summed E-state index contributed by atoms with van der Waals surface area (Å²) in [7, 11) is 0.